The van der Waals surface area contributed by atoms with E-state index in [2.05, 4.69) is 15.9 Å². The summed E-state index contributed by atoms with van der Waals surface area (Å²) >= 11 is 0. The Balaban J connectivity index is 1.55. The number of likely N-dealkylation sites (tertiary alicyclic amines) is 1. The van der Waals surface area contributed by atoms with Crippen LogP contribution in [-0.4, -0.2) is 60.8 Å². The van der Waals surface area contributed by atoms with Crippen molar-refractivity contribution in [2.24, 2.45) is 5.41 Å². The molecule has 2 heterocycles. The fraction of sp³-hybridized carbons (Fsp3) is 0.515. The molecule has 1 aliphatic carbocycles. The first kappa shape index (κ1) is 30.0. The van der Waals surface area contributed by atoms with Gasteiger partial charge in [0, 0.05) is 56.8 Å². The molecule has 7 nitrogen and oxygen atoms in total. The lowest BCUT2D eigenvalue weighted by Crippen LogP contribution is -2.53. The Labute approximate surface area is 246 Å². The van der Waals surface area contributed by atoms with Crippen molar-refractivity contribution in [3.8, 4) is 0 Å². The van der Waals surface area contributed by atoms with E-state index < -0.39 is 29.0 Å². The highest BCUT2D eigenvalue weighted by atomic mass is 19.3. The van der Waals surface area contributed by atoms with Crippen LogP contribution in [0.5, 0.6) is 0 Å². The number of rotatable bonds is 5. The molecule has 3 aromatic rings. The Hall–Kier alpha value is -3.46. The standard InChI is InChI=1S/C33H41F2N3O4/c1-21-16-26(36(5)6)25(24-12-14-38(28(21)24)30(40)42-31(2,3)4)18-37-15-13-32(19-33(34,35)20-32)17-27(37)22-8-10-23(11-9-22)29(39)41-7/h8-12,14,16,27H,13,15,17-20H2,1-7H3/t27-/m0/s1. The van der Waals surface area contributed by atoms with Crippen LogP contribution in [0.15, 0.2) is 42.6 Å². The van der Waals surface area contributed by atoms with Crippen LogP contribution < -0.4 is 4.90 Å². The number of nitrogens with zero attached hydrogens (tertiary/aromatic N) is 3. The van der Waals surface area contributed by atoms with Gasteiger partial charge in [0.25, 0.3) is 0 Å². The van der Waals surface area contributed by atoms with Crippen LogP contribution in [0.2, 0.25) is 0 Å². The summed E-state index contributed by atoms with van der Waals surface area (Å²) in [5, 5.41) is 0.958. The number of fused-ring (bicyclic) bond motifs is 1. The molecule has 1 aromatic heterocycles. The fourth-order valence-electron chi connectivity index (χ4n) is 6.83. The summed E-state index contributed by atoms with van der Waals surface area (Å²) in [6.07, 6.45) is 2.48. The number of aromatic nitrogens is 1. The van der Waals surface area contributed by atoms with Gasteiger partial charge in [-0.3, -0.25) is 9.47 Å². The summed E-state index contributed by atoms with van der Waals surface area (Å²) in [4.78, 5) is 29.6. The van der Waals surface area contributed by atoms with Crippen molar-refractivity contribution in [3.05, 3.63) is 64.8 Å². The number of anilines is 1. The highest BCUT2D eigenvalue weighted by molar-refractivity contribution is 5.96. The summed E-state index contributed by atoms with van der Waals surface area (Å²) in [6.45, 7) is 8.76. The normalized spacial score (nSPS) is 19.9. The Morgan fingerprint density at radius 1 is 1.10 bits per heavy atom. The van der Waals surface area contributed by atoms with E-state index in [4.69, 9.17) is 9.47 Å². The zero-order valence-corrected chi connectivity index (χ0v) is 25.6. The van der Waals surface area contributed by atoms with Crippen molar-refractivity contribution in [3.63, 3.8) is 0 Å². The van der Waals surface area contributed by atoms with E-state index in [-0.39, 0.29) is 18.9 Å². The largest absolute Gasteiger partial charge is 0.465 e. The molecule has 42 heavy (non-hydrogen) atoms. The van der Waals surface area contributed by atoms with E-state index >= 15 is 0 Å². The number of carbonyl (C=O) groups is 2. The van der Waals surface area contributed by atoms with Crippen molar-refractivity contribution in [1.29, 1.82) is 0 Å². The number of halogens is 2. The SMILES string of the molecule is COC(=O)c1ccc([C@@H]2CC3(CCN2Cc2c(N(C)C)cc(C)c4c2ccn4C(=O)OC(C)(C)C)CC(F)(F)C3)cc1. The Morgan fingerprint density at radius 3 is 2.33 bits per heavy atom. The predicted molar refractivity (Wildman–Crippen MR) is 159 cm³/mol. The summed E-state index contributed by atoms with van der Waals surface area (Å²) in [5.41, 5.74) is 4.27. The van der Waals surface area contributed by atoms with E-state index in [9.17, 15) is 18.4 Å². The van der Waals surface area contributed by atoms with Gasteiger partial charge in [0.05, 0.1) is 18.2 Å². The van der Waals surface area contributed by atoms with Crippen molar-refractivity contribution in [1.82, 2.24) is 9.47 Å². The second-order valence-corrected chi connectivity index (χ2v) is 13.3. The van der Waals surface area contributed by atoms with Gasteiger partial charge in [-0.2, -0.15) is 0 Å². The summed E-state index contributed by atoms with van der Waals surface area (Å²) in [7, 11) is 5.35. The van der Waals surface area contributed by atoms with E-state index in [0.717, 1.165) is 33.3 Å². The average Bonchev–Trinajstić information content (AvgIpc) is 3.35. The van der Waals surface area contributed by atoms with E-state index in [0.29, 0.717) is 31.5 Å². The molecule has 1 saturated carbocycles. The Bertz CT molecular complexity index is 1500. The zero-order chi connectivity index (χ0) is 30.6. The quantitative estimate of drug-likeness (QED) is 0.294. The van der Waals surface area contributed by atoms with Crippen molar-refractivity contribution in [2.45, 2.75) is 77.5 Å². The monoisotopic (exact) mass is 581 g/mol. The highest BCUT2D eigenvalue weighted by Gasteiger charge is 2.58. The fourth-order valence-corrected chi connectivity index (χ4v) is 6.83. The van der Waals surface area contributed by atoms with Crippen molar-refractivity contribution < 1.29 is 27.8 Å². The smallest absolute Gasteiger partial charge is 0.419 e. The maximum atomic E-state index is 14.1. The van der Waals surface area contributed by atoms with Gasteiger partial charge in [0.15, 0.2) is 0 Å². The molecular formula is C33H41F2N3O4. The van der Waals surface area contributed by atoms with Gasteiger partial charge in [-0.1, -0.05) is 12.1 Å². The van der Waals surface area contributed by atoms with E-state index in [1.54, 1.807) is 22.9 Å². The minimum Gasteiger partial charge on any atom is -0.465 e. The molecule has 0 radical (unpaired) electrons. The molecule has 226 valence electrons. The molecule has 0 unspecified atom stereocenters. The van der Waals surface area contributed by atoms with Crippen LogP contribution in [0.4, 0.5) is 19.3 Å². The van der Waals surface area contributed by atoms with Crippen LogP contribution in [0.1, 0.15) is 79.5 Å². The molecule has 0 N–H and O–H groups in total. The molecule has 1 aliphatic heterocycles. The van der Waals surface area contributed by atoms with Crippen molar-refractivity contribution in [2.75, 3.05) is 32.6 Å². The third-order valence-corrected chi connectivity index (χ3v) is 8.66. The number of benzene rings is 2. The lowest BCUT2D eigenvalue weighted by atomic mass is 9.59. The number of aryl methyl sites for hydroxylation is 1. The van der Waals surface area contributed by atoms with Crippen molar-refractivity contribution >= 4 is 28.7 Å². The molecule has 0 amide bonds. The van der Waals surface area contributed by atoms with Crippen LogP contribution in [-0.2, 0) is 16.0 Å². The second-order valence-electron chi connectivity index (χ2n) is 13.3. The van der Waals surface area contributed by atoms with Gasteiger partial charge in [-0.25, -0.2) is 18.4 Å². The number of carbonyl (C=O) groups excluding carboxylic acids is 2. The molecule has 2 aromatic carbocycles. The minimum absolute atomic E-state index is 0.0823. The third-order valence-electron chi connectivity index (χ3n) is 8.66. The zero-order valence-electron chi connectivity index (χ0n) is 25.6. The first-order valence-electron chi connectivity index (χ1n) is 14.5. The second kappa shape index (κ2) is 10.7. The molecule has 5 rings (SSSR count). The van der Waals surface area contributed by atoms with Crippen LogP contribution in [0.25, 0.3) is 10.9 Å². The minimum atomic E-state index is -2.60. The first-order valence-corrected chi connectivity index (χ1v) is 14.5. The summed E-state index contributed by atoms with van der Waals surface area (Å²) in [5.74, 6) is -3.02. The maximum Gasteiger partial charge on any atom is 0.419 e. The number of hydrogen-bond donors (Lipinski definition) is 0. The highest BCUT2D eigenvalue weighted by Crippen LogP contribution is 2.60. The van der Waals surface area contributed by atoms with E-state index in [1.165, 1.54) is 7.11 Å². The first-order chi connectivity index (χ1) is 19.6. The lowest BCUT2D eigenvalue weighted by Gasteiger charge is -2.54. The van der Waals surface area contributed by atoms with E-state index in [1.807, 2.05) is 60.0 Å². The van der Waals surface area contributed by atoms with Gasteiger partial charge < -0.3 is 14.4 Å². The Kier molecular flexibility index (Phi) is 7.62. The Morgan fingerprint density at radius 2 is 1.76 bits per heavy atom. The lowest BCUT2D eigenvalue weighted by molar-refractivity contribution is -0.186. The van der Waals surface area contributed by atoms with Crippen LogP contribution in [0, 0.1) is 12.3 Å². The van der Waals surface area contributed by atoms with Gasteiger partial charge in [0.1, 0.15) is 5.60 Å². The summed E-state index contributed by atoms with van der Waals surface area (Å²) in [6, 6.07) is 11.3. The molecule has 9 heteroatoms. The molecule has 1 spiro atoms. The number of piperidine rings is 1. The topological polar surface area (TPSA) is 64.0 Å². The molecule has 1 atom stereocenters. The number of esters is 1. The van der Waals surface area contributed by atoms with Crippen LogP contribution >= 0.6 is 0 Å². The third kappa shape index (κ3) is 5.76. The number of methoxy groups -OCH3 is 1. The van der Waals surface area contributed by atoms with Crippen LogP contribution in [0.3, 0.4) is 0 Å². The number of hydrogen-bond acceptors (Lipinski definition) is 6. The molecule has 2 aliphatic rings. The van der Waals surface area contributed by atoms with Gasteiger partial charge in [-0.05, 0) is 93.5 Å². The molecule has 1 saturated heterocycles. The molecule has 0 bridgehead atoms. The van der Waals surface area contributed by atoms with Gasteiger partial charge >= 0.3 is 12.1 Å². The average molecular weight is 582 g/mol. The molecular weight excluding hydrogens is 540 g/mol. The number of ether oxygens (including phenoxy) is 2. The van der Waals surface area contributed by atoms with Gasteiger partial charge in [-0.15, -0.1) is 0 Å². The summed E-state index contributed by atoms with van der Waals surface area (Å²) < 4.78 is 40.4. The number of alkyl halides is 2. The van der Waals surface area contributed by atoms with Gasteiger partial charge in [0.2, 0.25) is 5.92 Å². The maximum absolute atomic E-state index is 14.1. The molecule has 2 fully saturated rings. The predicted octanol–water partition coefficient (Wildman–Crippen LogP) is 7.34.